The summed E-state index contributed by atoms with van der Waals surface area (Å²) in [6.07, 6.45) is 0.229. The summed E-state index contributed by atoms with van der Waals surface area (Å²) >= 11 is 1.76. The van der Waals surface area contributed by atoms with Gasteiger partial charge in [-0.3, -0.25) is 4.79 Å². The number of fused-ring (bicyclic) bond motifs is 8. The molecule has 6 nitrogen and oxygen atoms in total. The Kier molecular flexibility index (Phi) is 4.73. The van der Waals surface area contributed by atoms with Gasteiger partial charge >= 0.3 is 10.9 Å². The van der Waals surface area contributed by atoms with E-state index in [0.717, 1.165) is 38.6 Å². The molecule has 1 unspecified atom stereocenters. The maximum atomic E-state index is 12.6. The monoisotopic (exact) mass is 510 g/mol. The molecule has 0 spiro atoms. The van der Waals surface area contributed by atoms with Gasteiger partial charge in [0.15, 0.2) is 5.69 Å². The molecule has 0 fully saturated rings. The molecule has 37 heavy (non-hydrogen) atoms. The lowest BCUT2D eigenvalue weighted by molar-refractivity contribution is -0.684. The SMILES string of the molecule is COC(=O)CC1COc2cc3ccccc3cc2-c2c3n4c(c(C)sc4[n+]21)-c1ccccc1C(C)(C)N3. The van der Waals surface area contributed by atoms with E-state index in [9.17, 15) is 4.79 Å². The van der Waals surface area contributed by atoms with Gasteiger partial charge in [0.1, 0.15) is 18.4 Å². The summed E-state index contributed by atoms with van der Waals surface area (Å²) in [5.74, 6) is 1.60. The normalized spacial score (nSPS) is 17.1. The molecule has 186 valence electrons. The van der Waals surface area contributed by atoms with Crippen molar-refractivity contribution in [3.05, 3.63) is 71.1 Å². The molecule has 2 aromatic heterocycles. The first-order valence-electron chi connectivity index (χ1n) is 12.6. The van der Waals surface area contributed by atoms with Crippen LogP contribution in [0, 0.1) is 6.92 Å². The van der Waals surface area contributed by atoms with Gasteiger partial charge in [0, 0.05) is 5.56 Å². The molecule has 0 saturated heterocycles. The molecule has 2 aliphatic heterocycles. The fraction of sp³-hybridized carbons (Fsp3) is 0.267. The van der Waals surface area contributed by atoms with Crippen LogP contribution in [0.25, 0.3) is 38.2 Å². The third kappa shape index (κ3) is 3.16. The molecule has 0 amide bonds. The van der Waals surface area contributed by atoms with E-state index in [4.69, 9.17) is 9.47 Å². The van der Waals surface area contributed by atoms with E-state index in [1.54, 1.807) is 11.3 Å². The first kappa shape index (κ1) is 22.4. The lowest BCUT2D eigenvalue weighted by atomic mass is 9.89. The lowest BCUT2D eigenvalue weighted by Crippen LogP contribution is -2.44. The van der Waals surface area contributed by atoms with Crippen molar-refractivity contribution < 1.29 is 18.8 Å². The van der Waals surface area contributed by atoms with Gasteiger partial charge in [-0.15, -0.1) is 0 Å². The smallest absolute Gasteiger partial charge is 0.349 e. The number of rotatable bonds is 2. The largest absolute Gasteiger partial charge is 0.488 e. The summed E-state index contributed by atoms with van der Waals surface area (Å²) in [4.78, 5) is 14.9. The maximum absolute atomic E-state index is 12.6. The van der Waals surface area contributed by atoms with Crippen LogP contribution in [0.2, 0.25) is 0 Å². The van der Waals surface area contributed by atoms with Crippen molar-refractivity contribution in [2.45, 2.75) is 38.8 Å². The number of thiazole rings is 1. The van der Waals surface area contributed by atoms with Crippen molar-refractivity contribution in [3.8, 4) is 28.3 Å². The Morgan fingerprint density at radius 2 is 1.86 bits per heavy atom. The van der Waals surface area contributed by atoms with E-state index in [2.05, 4.69) is 89.7 Å². The average molecular weight is 511 g/mol. The summed E-state index contributed by atoms with van der Waals surface area (Å²) in [6.45, 7) is 7.02. The Morgan fingerprint density at radius 1 is 1.14 bits per heavy atom. The molecule has 7 rings (SSSR count). The molecule has 0 aliphatic carbocycles. The highest BCUT2D eigenvalue weighted by Crippen LogP contribution is 2.48. The highest BCUT2D eigenvalue weighted by Gasteiger charge is 2.44. The van der Waals surface area contributed by atoms with Crippen molar-refractivity contribution in [2.24, 2.45) is 0 Å². The van der Waals surface area contributed by atoms with E-state index in [1.807, 2.05) is 6.07 Å². The third-order valence-corrected chi connectivity index (χ3v) is 8.76. The summed E-state index contributed by atoms with van der Waals surface area (Å²) in [7, 11) is 1.44. The van der Waals surface area contributed by atoms with Gasteiger partial charge in [-0.2, -0.15) is 4.40 Å². The zero-order valence-electron chi connectivity index (χ0n) is 21.3. The number of methoxy groups -OCH3 is 1. The van der Waals surface area contributed by atoms with Gasteiger partial charge in [-0.25, -0.2) is 4.57 Å². The van der Waals surface area contributed by atoms with Gasteiger partial charge in [0.05, 0.1) is 29.5 Å². The number of aromatic nitrogens is 2. The second-order valence-corrected chi connectivity index (χ2v) is 11.6. The summed E-state index contributed by atoms with van der Waals surface area (Å²) in [5, 5.41) is 6.20. The number of imidazole rings is 1. The van der Waals surface area contributed by atoms with E-state index in [-0.39, 0.29) is 24.0 Å². The second kappa shape index (κ2) is 7.83. The summed E-state index contributed by atoms with van der Waals surface area (Å²) in [6, 6.07) is 21.1. The average Bonchev–Trinajstić information content (AvgIpc) is 3.27. The molecule has 7 heteroatoms. The Bertz CT molecular complexity index is 1750. The second-order valence-electron chi connectivity index (χ2n) is 10.4. The number of aryl methyl sites for hydroxylation is 1. The van der Waals surface area contributed by atoms with Gasteiger partial charge in [0.25, 0.3) is 0 Å². The van der Waals surface area contributed by atoms with Crippen molar-refractivity contribution >= 4 is 38.9 Å². The number of nitrogens with one attached hydrogen (secondary N) is 1. The molecule has 5 aromatic rings. The predicted octanol–water partition coefficient (Wildman–Crippen LogP) is 6.24. The first-order chi connectivity index (χ1) is 17.9. The lowest BCUT2D eigenvalue weighted by Gasteiger charge is -2.26. The van der Waals surface area contributed by atoms with Gasteiger partial charge in [-0.05, 0) is 49.2 Å². The zero-order chi connectivity index (χ0) is 25.5. The number of carbonyl (C=O) groups is 1. The Balaban J connectivity index is 1.62. The van der Waals surface area contributed by atoms with Crippen molar-refractivity contribution in [1.29, 1.82) is 0 Å². The minimum atomic E-state index is -0.329. The summed E-state index contributed by atoms with van der Waals surface area (Å²) < 4.78 is 16.2. The fourth-order valence-corrected chi connectivity index (χ4v) is 7.18. The summed E-state index contributed by atoms with van der Waals surface area (Å²) in [5.41, 5.74) is 5.42. The topological polar surface area (TPSA) is 55.9 Å². The van der Waals surface area contributed by atoms with Crippen LogP contribution in [0.5, 0.6) is 5.75 Å². The van der Waals surface area contributed by atoms with Crippen LogP contribution in [0.1, 0.15) is 36.8 Å². The minimum absolute atomic E-state index is 0.216. The molecule has 0 saturated carbocycles. The molecule has 3 aromatic carbocycles. The molecular formula is C30H28N3O3S+. The van der Waals surface area contributed by atoms with Crippen LogP contribution in [0.4, 0.5) is 5.82 Å². The zero-order valence-corrected chi connectivity index (χ0v) is 22.1. The number of esters is 1. The van der Waals surface area contributed by atoms with E-state index in [1.165, 1.54) is 28.8 Å². The van der Waals surface area contributed by atoms with Crippen LogP contribution < -0.4 is 14.6 Å². The van der Waals surface area contributed by atoms with Gasteiger partial charge < -0.3 is 14.8 Å². The molecule has 4 heterocycles. The molecule has 0 radical (unpaired) electrons. The molecule has 1 N–H and O–H groups in total. The highest BCUT2D eigenvalue weighted by atomic mass is 32.1. The van der Waals surface area contributed by atoms with Crippen LogP contribution >= 0.6 is 11.3 Å². The van der Waals surface area contributed by atoms with Crippen LogP contribution in [0.3, 0.4) is 0 Å². The fourth-order valence-electron chi connectivity index (χ4n) is 5.99. The van der Waals surface area contributed by atoms with E-state index >= 15 is 0 Å². The number of hydrogen-bond donors (Lipinski definition) is 1. The van der Waals surface area contributed by atoms with Gasteiger partial charge in [0.2, 0.25) is 11.5 Å². The number of benzene rings is 3. The van der Waals surface area contributed by atoms with Crippen LogP contribution in [-0.4, -0.2) is 24.1 Å². The maximum Gasteiger partial charge on any atom is 0.349 e. The number of carbonyl (C=O) groups excluding carboxylic acids is 1. The molecule has 2 aliphatic rings. The minimum Gasteiger partial charge on any atom is -0.488 e. The number of nitrogens with zero attached hydrogens (tertiary/aromatic N) is 2. The van der Waals surface area contributed by atoms with Crippen molar-refractivity contribution in [2.75, 3.05) is 19.0 Å². The standard InChI is InChI=1S/C30H28N3O3S/c1-17-26-21-11-7-8-12-23(21)30(2,3)31-28-27-22-13-18-9-5-6-10-19(18)14-24(22)36-16-20(15-25(34)35-4)32(27)29(37-17)33(26)28/h5-14,20,31H,15-16H2,1-4H3/q+1. The Labute approximate surface area is 219 Å². The van der Waals surface area contributed by atoms with E-state index < -0.39 is 0 Å². The Morgan fingerprint density at radius 3 is 2.65 bits per heavy atom. The molecule has 0 bridgehead atoms. The highest BCUT2D eigenvalue weighted by molar-refractivity contribution is 7.17. The number of ether oxygens (including phenoxy) is 2. The quantitative estimate of drug-likeness (QED) is 0.226. The van der Waals surface area contributed by atoms with E-state index in [0.29, 0.717) is 6.61 Å². The van der Waals surface area contributed by atoms with Crippen LogP contribution in [-0.2, 0) is 15.1 Å². The predicted molar refractivity (Wildman–Crippen MR) is 146 cm³/mol. The molecule has 1 atom stereocenters. The number of anilines is 1. The molecular weight excluding hydrogens is 482 g/mol. The third-order valence-electron chi connectivity index (χ3n) is 7.70. The van der Waals surface area contributed by atoms with Crippen LogP contribution in [0.15, 0.2) is 60.7 Å². The van der Waals surface area contributed by atoms with Gasteiger partial charge in [-0.1, -0.05) is 59.9 Å². The Hall–Kier alpha value is -3.84. The van der Waals surface area contributed by atoms with Crippen molar-refractivity contribution in [3.63, 3.8) is 0 Å². The first-order valence-corrected chi connectivity index (χ1v) is 13.4. The van der Waals surface area contributed by atoms with Crippen molar-refractivity contribution in [1.82, 2.24) is 4.40 Å². The number of hydrogen-bond acceptors (Lipinski definition) is 5.